The van der Waals surface area contributed by atoms with E-state index < -0.39 is 0 Å². The third kappa shape index (κ3) is 3.90. The zero-order valence-corrected chi connectivity index (χ0v) is 19.2. The Bertz CT molecular complexity index is 1460. The third-order valence-electron chi connectivity index (χ3n) is 4.76. The van der Waals surface area contributed by atoms with Crippen LogP contribution in [0.2, 0.25) is 5.02 Å². The summed E-state index contributed by atoms with van der Waals surface area (Å²) in [6, 6.07) is 16.9. The number of thiazole rings is 1. The number of ether oxygens (including phenoxy) is 1. The van der Waals surface area contributed by atoms with Gasteiger partial charge in [0.1, 0.15) is 5.75 Å². The maximum absolute atomic E-state index is 12.3. The SMILES string of the molecule is COc1ccc(-n2c(SCc3cc(=O)n4ccsc4n3)nnc2-c2ccccc2)cc1Cl. The van der Waals surface area contributed by atoms with Gasteiger partial charge in [-0.15, -0.1) is 21.5 Å². The molecule has 0 unspecified atom stereocenters. The van der Waals surface area contributed by atoms with Gasteiger partial charge in [-0.2, -0.15) is 0 Å². The molecular formula is C22H16ClN5O2S2. The lowest BCUT2D eigenvalue weighted by atomic mass is 10.2. The van der Waals surface area contributed by atoms with Crippen molar-refractivity contribution in [2.45, 2.75) is 10.9 Å². The zero-order valence-electron chi connectivity index (χ0n) is 16.8. The molecule has 7 nitrogen and oxygen atoms in total. The Morgan fingerprint density at radius 2 is 1.97 bits per heavy atom. The number of fused-ring (bicyclic) bond motifs is 1. The van der Waals surface area contributed by atoms with Crippen LogP contribution in [0.5, 0.6) is 5.75 Å². The second kappa shape index (κ2) is 8.78. The van der Waals surface area contributed by atoms with Crippen molar-refractivity contribution in [2.24, 2.45) is 0 Å². The van der Waals surface area contributed by atoms with Crippen LogP contribution in [0.3, 0.4) is 0 Å². The number of methoxy groups -OCH3 is 1. The minimum atomic E-state index is -0.0970. The van der Waals surface area contributed by atoms with Crippen LogP contribution in [-0.4, -0.2) is 31.3 Å². The van der Waals surface area contributed by atoms with Gasteiger partial charge in [-0.3, -0.25) is 13.8 Å². The number of hydrogen-bond donors (Lipinski definition) is 0. The third-order valence-corrected chi connectivity index (χ3v) is 6.78. The highest BCUT2D eigenvalue weighted by Crippen LogP contribution is 2.33. The predicted octanol–water partition coefficient (Wildman–Crippen LogP) is 4.96. The summed E-state index contributed by atoms with van der Waals surface area (Å²) in [5, 5.41) is 11.9. The molecule has 0 saturated carbocycles. The first-order valence-corrected chi connectivity index (χ1v) is 11.8. The Labute approximate surface area is 196 Å². The Balaban J connectivity index is 1.55. The summed E-state index contributed by atoms with van der Waals surface area (Å²) in [5.74, 6) is 1.75. The fourth-order valence-electron chi connectivity index (χ4n) is 3.27. The predicted molar refractivity (Wildman–Crippen MR) is 127 cm³/mol. The molecule has 0 aliphatic rings. The van der Waals surface area contributed by atoms with E-state index >= 15 is 0 Å². The summed E-state index contributed by atoms with van der Waals surface area (Å²) in [5.41, 5.74) is 2.32. The molecule has 0 spiro atoms. The van der Waals surface area contributed by atoms with E-state index in [1.165, 1.54) is 27.5 Å². The highest BCUT2D eigenvalue weighted by atomic mass is 35.5. The highest BCUT2D eigenvalue weighted by Gasteiger charge is 2.18. The van der Waals surface area contributed by atoms with E-state index in [0.29, 0.717) is 38.2 Å². The summed E-state index contributed by atoms with van der Waals surface area (Å²) >= 11 is 9.28. The lowest BCUT2D eigenvalue weighted by Crippen LogP contribution is -2.12. The first-order chi connectivity index (χ1) is 15.6. The van der Waals surface area contributed by atoms with E-state index in [-0.39, 0.29) is 5.56 Å². The molecule has 3 heterocycles. The molecule has 0 aliphatic carbocycles. The maximum atomic E-state index is 12.3. The second-order valence-corrected chi connectivity index (χ2v) is 8.98. The van der Waals surface area contributed by atoms with Crippen molar-refractivity contribution in [3.63, 3.8) is 0 Å². The topological polar surface area (TPSA) is 74.3 Å². The Morgan fingerprint density at radius 1 is 1.12 bits per heavy atom. The van der Waals surface area contributed by atoms with Gasteiger partial charge in [-0.25, -0.2) is 4.98 Å². The summed E-state index contributed by atoms with van der Waals surface area (Å²) in [6.45, 7) is 0. The largest absolute Gasteiger partial charge is 0.495 e. The lowest BCUT2D eigenvalue weighted by Gasteiger charge is -2.12. The van der Waals surface area contributed by atoms with Crippen LogP contribution in [0, 0.1) is 0 Å². The molecule has 5 rings (SSSR count). The van der Waals surface area contributed by atoms with Crippen molar-refractivity contribution in [1.29, 1.82) is 0 Å². The monoisotopic (exact) mass is 481 g/mol. The van der Waals surface area contributed by atoms with Crippen LogP contribution in [0.25, 0.3) is 22.0 Å². The summed E-state index contributed by atoms with van der Waals surface area (Å²) in [7, 11) is 1.58. The summed E-state index contributed by atoms with van der Waals surface area (Å²) < 4.78 is 8.77. The first-order valence-electron chi connectivity index (χ1n) is 9.57. The fourth-order valence-corrected chi connectivity index (χ4v) is 5.10. The molecule has 0 saturated heterocycles. The molecule has 5 aromatic rings. The smallest absolute Gasteiger partial charge is 0.258 e. The summed E-state index contributed by atoms with van der Waals surface area (Å²) in [6.07, 6.45) is 1.72. The molecule has 0 amide bonds. The standard InChI is InChI=1S/C22H16ClN5O2S2/c1-30-18-8-7-16(12-17(18)23)28-20(14-5-3-2-4-6-14)25-26-22(28)32-13-15-11-19(29)27-9-10-31-21(27)24-15/h2-12H,13H2,1H3. The number of rotatable bonds is 6. The second-order valence-electron chi connectivity index (χ2n) is 6.76. The van der Waals surface area contributed by atoms with Crippen LogP contribution in [0.4, 0.5) is 0 Å². The maximum Gasteiger partial charge on any atom is 0.258 e. The molecule has 10 heteroatoms. The molecule has 0 aliphatic heterocycles. The van der Waals surface area contributed by atoms with Crippen LogP contribution in [-0.2, 0) is 5.75 Å². The molecule has 0 bridgehead atoms. The zero-order chi connectivity index (χ0) is 22.1. The number of hydrogen-bond acceptors (Lipinski definition) is 7. The van der Waals surface area contributed by atoms with Gasteiger partial charge >= 0.3 is 0 Å². The van der Waals surface area contributed by atoms with Crippen LogP contribution >= 0.6 is 34.7 Å². The molecule has 0 atom stereocenters. The van der Waals surface area contributed by atoms with E-state index in [2.05, 4.69) is 15.2 Å². The van der Waals surface area contributed by atoms with E-state index in [9.17, 15) is 4.79 Å². The van der Waals surface area contributed by atoms with Gasteiger partial charge in [-0.05, 0) is 18.2 Å². The number of benzene rings is 2. The number of nitrogens with zero attached hydrogens (tertiary/aromatic N) is 5. The van der Waals surface area contributed by atoms with Crippen molar-refractivity contribution >= 4 is 39.7 Å². The van der Waals surface area contributed by atoms with Crippen molar-refractivity contribution in [3.8, 4) is 22.8 Å². The van der Waals surface area contributed by atoms with E-state index in [1.807, 2.05) is 58.5 Å². The minimum Gasteiger partial charge on any atom is -0.495 e. The van der Waals surface area contributed by atoms with E-state index in [4.69, 9.17) is 16.3 Å². The lowest BCUT2D eigenvalue weighted by molar-refractivity contribution is 0.415. The molecule has 2 aromatic carbocycles. The average Bonchev–Trinajstić information content (AvgIpc) is 3.45. The highest BCUT2D eigenvalue weighted by molar-refractivity contribution is 7.98. The molecule has 160 valence electrons. The van der Waals surface area contributed by atoms with Crippen molar-refractivity contribution in [2.75, 3.05) is 7.11 Å². The molecule has 0 radical (unpaired) electrons. The van der Waals surface area contributed by atoms with Gasteiger partial charge in [0, 0.05) is 29.0 Å². The van der Waals surface area contributed by atoms with Gasteiger partial charge in [-0.1, -0.05) is 53.7 Å². The van der Waals surface area contributed by atoms with Gasteiger partial charge in [0.2, 0.25) is 0 Å². The number of halogens is 1. The molecule has 3 aromatic heterocycles. The minimum absolute atomic E-state index is 0.0970. The molecular weight excluding hydrogens is 466 g/mol. The Hall–Kier alpha value is -3.14. The van der Waals surface area contributed by atoms with Gasteiger partial charge in [0.05, 0.1) is 23.5 Å². The quantitative estimate of drug-likeness (QED) is 0.319. The molecule has 0 fully saturated rings. The van der Waals surface area contributed by atoms with Crippen molar-refractivity contribution < 1.29 is 4.74 Å². The fraction of sp³-hybridized carbons (Fsp3) is 0.0909. The summed E-state index contributed by atoms with van der Waals surface area (Å²) in [4.78, 5) is 17.6. The van der Waals surface area contributed by atoms with Crippen LogP contribution in [0.15, 0.2) is 76.1 Å². The van der Waals surface area contributed by atoms with Gasteiger partial charge in [0.15, 0.2) is 15.9 Å². The van der Waals surface area contributed by atoms with Crippen molar-refractivity contribution in [1.82, 2.24) is 24.1 Å². The van der Waals surface area contributed by atoms with Crippen LogP contribution < -0.4 is 10.3 Å². The Morgan fingerprint density at radius 3 is 2.75 bits per heavy atom. The number of aromatic nitrogens is 5. The average molecular weight is 482 g/mol. The molecule has 32 heavy (non-hydrogen) atoms. The van der Waals surface area contributed by atoms with E-state index in [0.717, 1.165) is 11.3 Å². The van der Waals surface area contributed by atoms with Crippen LogP contribution in [0.1, 0.15) is 5.69 Å². The van der Waals surface area contributed by atoms with Crippen molar-refractivity contribution in [3.05, 3.63) is 87.2 Å². The van der Waals surface area contributed by atoms with Gasteiger partial charge in [0.25, 0.3) is 5.56 Å². The van der Waals surface area contributed by atoms with Gasteiger partial charge < -0.3 is 4.74 Å². The molecule has 0 N–H and O–H groups in total. The Kier molecular flexibility index (Phi) is 5.69. The normalized spacial score (nSPS) is 11.2. The first kappa shape index (κ1) is 20.7. The number of thioether (sulfide) groups is 1. The van der Waals surface area contributed by atoms with E-state index in [1.54, 1.807) is 19.4 Å².